The van der Waals surface area contributed by atoms with E-state index in [1.807, 2.05) is 0 Å². The molecule has 1 aliphatic rings. The summed E-state index contributed by atoms with van der Waals surface area (Å²) in [6, 6.07) is 3.40. The van der Waals surface area contributed by atoms with Gasteiger partial charge in [-0.2, -0.15) is 0 Å². The van der Waals surface area contributed by atoms with E-state index in [1.54, 1.807) is 6.92 Å². The minimum absolute atomic E-state index is 0.00837. The third kappa shape index (κ3) is 3.06. The molecule has 0 N–H and O–H groups in total. The van der Waals surface area contributed by atoms with E-state index in [0.717, 1.165) is 4.90 Å². The number of amides is 1. The molecule has 128 valence electrons. The Morgan fingerprint density at radius 1 is 1.46 bits per heavy atom. The van der Waals surface area contributed by atoms with Crippen LogP contribution in [0.5, 0.6) is 5.75 Å². The number of aryl methyl sites for hydroxylation is 1. The van der Waals surface area contributed by atoms with Crippen LogP contribution >= 0.6 is 11.6 Å². The third-order valence-electron chi connectivity index (χ3n) is 3.75. The summed E-state index contributed by atoms with van der Waals surface area (Å²) < 4.78 is 38.2. The summed E-state index contributed by atoms with van der Waals surface area (Å²) in [6.45, 7) is 0.821. The van der Waals surface area contributed by atoms with Crippen LogP contribution in [0.25, 0.3) is 0 Å². The fourth-order valence-electron chi connectivity index (χ4n) is 2.69. The smallest absolute Gasteiger partial charge is 0.267 e. The summed E-state index contributed by atoms with van der Waals surface area (Å²) in [7, 11) is 1.37. The molecule has 1 saturated heterocycles. The van der Waals surface area contributed by atoms with Crippen molar-refractivity contribution in [1.82, 2.24) is 15.1 Å². The first-order valence-electron chi connectivity index (χ1n) is 7.13. The zero-order valence-electron chi connectivity index (χ0n) is 12.9. The van der Waals surface area contributed by atoms with Crippen LogP contribution in [0.15, 0.2) is 22.6 Å². The molecule has 1 amide bonds. The topological polar surface area (TPSA) is 68.5 Å². The van der Waals surface area contributed by atoms with Gasteiger partial charge in [-0.1, -0.05) is 11.6 Å². The molecule has 2 heterocycles. The summed E-state index contributed by atoms with van der Waals surface area (Å²) in [5.74, 6) is -3.20. The van der Waals surface area contributed by atoms with Gasteiger partial charge in [0.25, 0.3) is 11.8 Å². The molecule has 1 fully saturated rings. The van der Waals surface area contributed by atoms with Gasteiger partial charge in [0.2, 0.25) is 11.8 Å². The van der Waals surface area contributed by atoms with Crippen LogP contribution in [0.2, 0.25) is 5.02 Å². The average molecular weight is 358 g/mol. The molecule has 0 bridgehead atoms. The summed E-state index contributed by atoms with van der Waals surface area (Å²) in [5.41, 5.74) is 0.140. The summed E-state index contributed by atoms with van der Waals surface area (Å²) >= 11 is 5.87. The molecule has 24 heavy (non-hydrogen) atoms. The quantitative estimate of drug-likeness (QED) is 0.843. The van der Waals surface area contributed by atoms with Gasteiger partial charge >= 0.3 is 0 Å². The highest BCUT2D eigenvalue weighted by molar-refractivity contribution is 6.30. The Hall–Kier alpha value is -2.22. The number of hydrogen-bond donors (Lipinski definition) is 0. The van der Waals surface area contributed by atoms with Crippen molar-refractivity contribution in [2.45, 2.75) is 25.3 Å². The Morgan fingerprint density at radius 2 is 2.21 bits per heavy atom. The van der Waals surface area contributed by atoms with Crippen LogP contribution in [-0.2, 0) is 0 Å². The second kappa shape index (κ2) is 6.01. The molecule has 1 aliphatic heterocycles. The molecule has 9 heteroatoms. The second-order valence-electron chi connectivity index (χ2n) is 5.51. The molecule has 1 atom stereocenters. The number of benzene rings is 1. The normalized spacial score (nSPS) is 19.5. The first kappa shape index (κ1) is 16.6. The van der Waals surface area contributed by atoms with Crippen LogP contribution in [0.4, 0.5) is 8.78 Å². The summed E-state index contributed by atoms with van der Waals surface area (Å²) in [6.07, 6.45) is -0.573. The van der Waals surface area contributed by atoms with Crippen LogP contribution in [0, 0.1) is 6.92 Å². The van der Waals surface area contributed by atoms with Gasteiger partial charge in [0, 0.05) is 18.4 Å². The average Bonchev–Trinajstić information content (AvgIpc) is 3.09. The molecule has 1 aromatic carbocycles. The van der Waals surface area contributed by atoms with Crippen molar-refractivity contribution in [3.05, 3.63) is 40.6 Å². The molecule has 0 aliphatic carbocycles. The van der Waals surface area contributed by atoms with Gasteiger partial charge < -0.3 is 14.1 Å². The first-order valence-corrected chi connectivity index (χ1v) is 7.51. The van der Waals surface area contributed by atoms with E-state index in [-0.39, 0.29) is 23.1 Å². The van der Waals surface area contributed by atoms with Crippen LogP contribution in [0.1, 0.15) is 34.6 Å². The molecule has 0 spiro atoms. The zero-order valence-corrected chi connectivity index (χ0v) is 13.7. The number of hydrogen-bond acceptors (Lipinski definition) is 5. The van der Waals surface area contributed by atoms with E-state index < -0.39 is 30.8 Å². The minimum atomic E-state index is -3.04. The van der Waals surface area contributed by atoms with Crippen molar-refractivity contribution in [2.75, 3.05) is 13.7 Å². The van der Waals surface area contributed by atoms with E-state index in [9.17, 15) is 13.6 Å². The Kier molecular flexibility index (Phi) is 4.16. The van der Waals surface area contributed by atoms with E-state index >= 15 is 0 Å². The Morgan fingerprint density at radius 3 is 2.83 bits per heavy atom. The van der Waals surface area contributed by atoms with E-state index in [4.69, 9.17) is 20.8 Å². The number of halogens is 3. The lowest BCUT2D eigenvalue weighted by atomic mass is 10.1. The zero-order chi connectivity index (χ0) is 17.5. The van der Waals surface area contributed by atoms with Crippen molar-refractivity contribution in [1.29, 1.82) is 0 Å². The van der Waals surface area contributed by atoms with E-state index in [1.165, 1.54) is 25.3 Å². The highest BCUT2D eigenvalue weighted by Crippen LogP contribution is 2.42. The number of ether oxygens (including phenoxy) is 1. The highest BCUT2D eigenvalue weighted by atomic mass is 35.5. The maximum Gasteiger partial charge on any atom is 0.267 e. The number of carbonyl (C=O) groups is 1. The predicted molar refractivity (Wildman–Crippen MR) is 80.4 cm³/mol. The molecule has 0 unspecified atom stereocenters. The first-order chi connectivity index (χ1) is 11.3. The number of carbonyl (C=O) groups excluding carboxylic acids is 1. The van der Waals surface area contributed by atoms with Gasteiger partial charge in [-0.3, -0.25) is 4.79 Å². The predicted octanol–water partition coefficient (Wildman–Crippen LogP) is 3.26. The SMILES string of the molecule is COc1cc(Cl)ccc1C(=O)N1CC(F)(F)C[C@H]1c1nnc(C)o1. The molecule has 3 rings (SSSR count). The molecule has 2 aromatic rings. The van der Waals surface area contributed by atoms with Crippen LogP contribution in [0.3, 0.4) is 0 Å². The van der Waals surface area contributed by atoms with Crippen molar-refractivity contribution in [3.63, 3.8) is 0 Å². The van der Waals surface area contributed by atoms with E-state index in [2.05, 4.69) is 10.2 Å². The lowest BCUT2D eigenvalue weighted by Gasteiger charge is -2.22. The van der Waals surface area contributed by atoms with Gasteiger partial charge in [-0.25, -0.2) is 8.78 Å². The molecule has 1 aromatic heterocycles. The largest absolute Gasteiger partial charge is 0.496 e. The van der Waals surface area contributed by atoms with Crippen molar-refractivity contribution in [2.24, 2.45) is 0 Å². The lowest BCUT2D eigenvalue weighted by molar-refractivity contribution is 0.0116. The third-order valence-corrected chi connectivity index (χ3v) is 3.99. The molecule has 0 radical (unpaired) electrons. The fraction of sp³-hybridized carbons (Fsp3) is 0.400. The Bertz CT molecular complexity index is 781. The number of nitrogens with zero attached hydrogens (tertiary/aromatic N) is 3. The maximum absolute atomic E-state index is 13.9. The van der Waals surface area contributed by atoms with Gasteiger partial charge in [-0.15, -0.1) is 10.2 Å². The number of rotatable bonds is 3. The Labute approximate surface area is 141 Å². The van der Waals surface area contributed by atoms with Gasteiger partial charge in [0.05, 0.1) is 19.2 Å². The van der Waals surface area contributed by atoms with Crippen LogP contribution < -0.4 is 4.74 Å². The standard InChI is InChI=1S/C15H14ClF2N3O3/c1-8-19-20-13(24-8)11-6-15(17,18)7-21(11)14(22)10-4-3-9(16)5-12(10)23-2/h3-5,11H,6-7H2,1-2H3/t11-/m0/s1. The van der Waals surface area contributed by atoms with Gasteiger partial charge in [0.1, 0.15) is 11.8 Å². The molecular weight excluding hydrogens is 344 g/mol. The monoisotopic (exact) mass is 357 g/mol. The van der Waals surface area contributed by atoms with Crippen molar-refractivity contribution in [3.8, 4) is 5.75 Å². The second-order valence-corrected chi connectivity index (χ2v) is 5.95. The lowest BCUT2D eigenvalue weighted by Crippen LogP contribution is -2.33. The van der Waals surface area contributed by atoms with Gasteiger partial charge in [-0.05, 0) is 18.2 Å². The fourth-order valence-corrected chi connectivity index (χ4v) is 2.86. The van der Waals surface area contributed by atoms with Crippen LogP contribution in [-0.4, -0.2) is 40.6 Å². The van der Waals surface area contributed by atoms with E-state index in [0.29, 0.717) is 5.02 Å². The minimum Gasteiger partial charge on any atom is -0.496 e. The van der Waals surface area contributed by atoms with Crippen molar-refractivity contribution >= 4 is 17.5 Å². The number of likely N-dealkylation sites (tertiary alicyclic amines) is 1. The number of methoxy groups -OCH3 is 1. The summed E-state index contributed by atoms with van der Waals surface area (Å²) in [4.78, 5) is 13.8. The Balaban J connectivity index is 1.98. The number of aromatic nitrogens is 2. The molecule has 0 saturated carbocycles. The highest BCUT2D eigenvalue weighted by Gasteiger charge is 2.50. The molecule has 6 nitrogen and oxygen atoms in total. The summed E-state index contributed by atoms with van der Waals surface area (Å²) in [5, 5.41) is 7.80. The maximum atomic E-state index is 13.9. The van der Waals surface area contributed by atoms with Crippen molar-refractivity contribution < 1.29 is 22.7 Å². The van der Waals surface area contributed by atoms with Gasteiger partial charge in [0.15, 0.2) is 0 Å². The molecular formula is C15H14ClF2N3O3. The number of alkyl halides is 2.